The summed E-state index contributed by atoms with van der Waals surface area (Å²) in [6, 6.07) is 0. The first kappa shape index (κ1) is 10.4. The summed E-state index contributed by atoms with van der Waals surface area (Å²) in [4.78, 5) is 12.7. The van der Waals surface area contributed by atoms with E-state index in [-0.39, 0.29) is 5.91 Å². The first-order valence-electron chi connectivity index (χ1n) is 3.74. The first-order valence-corrected chi connectivity index (χ1v) is 3.74. The molecule has 0 saturated heterocycles. The van der Waals surface area contributed by atoms with Gasteiger partial charge >= 0.3 is 0 Å². The van der Waals surface area contributed by atoms with Crippen LogP contribution in [-0.2, 0) is 4.79 Å². The van der Waals surface area contributed by atoms with Gasteiger partial charge in [-0.2, -0.15) is 0 Å². The van der Waals surface area contributed by atoms with Crippen molar-refractivity contribution < 1.29 is 4.79 Å². The fourth-order valence-electron chi connectivity index (χ4n) is 0.979. The number of carbonyl (C=O) groups is 1. The maximum Gasteiger partial charge on any atom is 0.248 e. The maximum absolute atomic E-state index is 10.7. The molecule has 66 valence electrons. The van der Waals surface area contributed by atoms with E-state index in [1.54, 1.807) is 0 Å². The third-order valence-corrected chi connectivity index (χ3v) is 1.25. The molecule has 4 nitrogen and oxygen atoms in total. The van der Waals surface area contributed by atoms with Gasteiger partial charge < -0.3 is 0 Å². The molecule has 0 heterocycles. The van der Waals surface area contributed by atoms with Gasteiger partial charge in [0.25, 0.3) is 0 Å². The average molecular weight is 159 g/mol. The Labute approximate surface area is 67.7 Å². The minimum Gasteiger partial charge on any atom is -0.297 e. The number of hydrazine groups is 1. The zero-order valence-corrected chi connectivity index (χ0v) is 7.42. The van der Waals surface area contributed by atoms with Crippen molar-refractivity contribution in [3.8, 4) is 0 Å². The van der Waals surface area contributed by atoms with Gasteiger partial charge in [0.1, 0.15) is 0 Å². The summed E-state index contributed by atoms with van der Waals surface area (Å²) < 4.78 is 0. The van der Waals surface area contributed by atoms with E-state index in [1.807, 2.05) is 11.9 Å². The van der Waals surface area contributed by atoms with Gasteiger partial charge in [0.2, 0.25) is 5.91 Å². The molecule has 4 heteroatoms. The zero-order chi connectivity index (χ0) is 8.85. The van der Waals surface area contributed by atoms with Crippen molar-refractivity contribution in [3.05, 3.63) is 0 Å². The first-order chi connectivity index (χ1) is 5.06. The Balaban J connectivity index is 3.51. The minimum absolute atomic E-state index is 0.145. The van der Waals surface area contributed by atoms with E-state index in [4.69, 9.17) is 5.84 Å². The molecule has 0 bridgehead atoms. The van der Waals surface area contributed by atoms with Crippen LogP contribution < -0.4 is 11.3 Å². The van der Waals surface area contributed by atoms with E-state index in [9.17, 15) is 4.79 Å². The molecular weight excluding hydrogens is 142 g/mol. The zero-order valence-electron chi connectivity index (χ0n) is 7.42. The molecule has 0 unspecified atom stereocenters. The van der Waals surface area contributed by atoms with Gasteiger partial charge in [-0.05, 0) is 13.0 Å². The van der Waals surface area contributed by atoms with Crippen LogP contribution in [0.2, 0.25) is 0 Å². The lowest BCUT2D eigenvalue weighted by molar-refractivity contribution is -0.122. The van der Waals surface area contributed by atoms with E-state index in [1.165, 1.54) is 0 Å². The number of carbonyl (C=O) groups excluding carboxylic acids is 1. The summed E-state index contributed by atoms with van der Waals surface area (Å²) >= 11 is 0. The van der Waals surface area contributed by atoms with Crippen LogP contribution in [0.1, 0.15) is 13.8 Å². The van der Waals surface area contributed by atoms with Crippen LogP contribution in [0.3, 0.4) is 0 Å². The Kier molecular flexibility index (Phi) is 4.81. The van der Waals surface area contributed by atoms with Gasteiger partial charge in [-0.25, -0.2) is 5.84 Å². The van der Waals surface area contributed by atoms with Crippen molar-refractivity contribution in [1.82, 2.24) is 10.3 Å². The number of hydrogen-bond donors (Lipinski definition) is 2. The summed E-state index contributed by atoms with van der Waals surface area (Å²) in [7, 11) is 1.90. The molecule has 0 aromatic carbocycles. The van der Waals surface area contributed by atoms with Crippen molar-refractivity contribution in [1.29, 1.82) is 0 Å². The predicted octanol–water partition coefficient (Wildman–Crippen LogP) is -0.436. The third-order valence-electron chi connectivity index (χ3n) is 1.25. The summed E-state index contributed by atoms with van der Waals surface area (Å²) in [6.45, 7) is 5.50. The minimum atomic E-state index is -0.145. The molecular formula is C7H17N3O. The lowest BCUT2D eigenvalue weighted by Crippen LogP contribution is -2.39. The van der Waals surface area contributed by atoms with Gasteiger partial charge in [-0.1, -0.05) is 13.8 Å². The van der Waals surface area contributed by atoms with Crippen molar-refractivity contribution in [3.63, 3.8) is 0 Å². The van der Waals surface area contributed by atoms with Gasteiger partial charge in [-0.3, -0.25) is 15.1 Å². The van der Waals surface area contributed by atoms with Gasteiger partial charge in [0.15, 0.2) is 0 Å². The van der Waals surface area contributed by atoms with Gasteiger partial charge in [-0.15, -0.1) is 0 Å². The van der Waals surface area contributed by atoms with Crippen LogP contribution in [0.15, 0.2) is 0 Å². The maximum atomic E-state index is 10.7. The van der Waals surface area contributed by atoms with Crippen LogP contribution in [0.4, 0.5) is 0 Å². The van der Waals surface area contributed by atoms with Crippen LogP contribution in [0, 0.1) is 5.92 Å². The Hall–Kier alpha value is -0.610. The number of rotatable bonds is 4. The number of hydrogen-bond acceptors (Lipinski definition) is 3. The highest BCUT2D eigenvalue weighted by Crippen LogP contribution is 1.94. The molecule has 0 aliphatic rings. The Bertz CT molecular complexity index is 125. The normalized spacial score (nSPS) is 10.7. The molecule has 0 fully saturated rings. The van der Waals surface area contributed by atoms with Crippen molar-refractivity contribution in [2.45, 2.75) is 13.8 Å². The summed E-state index contributed by atoms with van der Waals surface area (Å²) in [6.07, 6.45) is 0. The third kappa shape index (κ3) is 5.82. The molecule has 0 aromatic heterocycles. The SMILES string of the molecule is CC(C)CN(C)CC(=O)NN. The van der Waals surface area contributed by atoms with Crippen molar-refractivity contribution in [2.75, 3.05) is 20.1 Å². The van der Waals surface area contributed by atoms with E-state index in [2.05, 4.69) is 19.3 Å². The number of likely N-dealkylation sites (N-methyl/N-ethyl adjacent to an activating group) is 1. The number of nitrogens with two attached hydrogens (primary N) is 1. The topological polar surface area (TPSA) is 58.4 Å². The predicted molar refractivity (Wildman–Crippen MR) is 44.7 cm³/mol. The quantitative estimate of drug-likeness (QED) is 0.332. The molecule has 11 heavy (non-hydrogen) atoms. The highest BCUT2D eigenvalue weighted by molar-refractivity contribution is 5.77. The molecule has 1 amide bonds. The van der Waals surface area contributed by atoms with E-state index in [0.29, 0.717) is 12.5 Å². The van der Waals surface area contributed by atoms with E-state index < -0.39 is 0 Å². The number of nitrogens with zero attached hydrogens (tertiary/aromatic N) is 1. The number of nitrogens with one attached hydrogen (secondary N) is 1. The number of amides is 1. The van der Waals surface area contributed by atoms with Crippen molar-refractivity contribution in [2.24, 2.45) is 11.8 Å². The Morgan fingerprint density at radius 1 is 1.64 bits per heavy atom. The molecule has 3 N–H and O–H groups in total. The molecule has 0 spiro atoms. The highest BCUT2D eigenvalue weighted by atomic mass is 16.2. The Morgan fingerprint density at radius 2 is 2.18 bits per heavy atom. The molecule has 0 aliphatic heterocycles. The second-order valence-corrected chi connectivity index (χ2v) is 3.16. The average Bonchev–Trinajstić information content (AvgIpc) is 1.85. The molecule has 0 radical (unpaired) electrons. The second kappa shape index (κ2) is 5.09. The molecule has 0 saturated carbocycles. The van der Waals surface area contributed by atoms with Crippen LogP contribution in [-0.4, -0.2) is 30.9 Å². The smallest absolute Gasteiger partial charge is 0.248 e. The molecule has 0 aliphatic carbocycles. The molecule has 0 atom stereocenters. The summed E-state index contributed by atoms with van der Waals surface area (Å²) in [5.74, 6) is 5.35. The van der Waals surface area contributed by atoms with E-state index >= 15 is 0 Å². The lowest BCUT2D eigenvalue weighted by atomic mass is 10.2. The second-order valence-electron chi connectivity index (χ2n) is 3.16. The van der Waals surface area contributed by atoms with Crippen LogP contribution >= 0.6 is 0 Å². The summed E-state index contributed by atoms with van der Waals surface area (Å²) in [5.41, 5.74) is 2.09. The van der Waals surface area contributed by atoms with Crippen LogP contribution in [0.5, 0.6) is 0 Å². The fraction of sp³-hybridized carbons (Fsp3) is 0.857. The fourth-order valence-corrected chi connectivity index (χ4v) is 0.979. The standard InChI is InChI=1S/C7H17N3O/c1-6(2)4-10(3)5-7(11)9-8/h6H,4-5,8H2,1-3H3,(H,9,11). The van der Waals surface area contributed by atoms with Gasteiger partial charge in [0.05, 0.1) is 6.54 Å². The molecule has 0 rings (SSSR count). The van der Waals surface area contributed by atoms with Gasteiger partial charge in [0, 0.05) is 6.54 Å². The lowest BCUT2D eigenvalue weighted by Gasteiger charge is -2.17. The largest absolute Gasteiger partial charge is 0.297 e. The molecule has 0 aromatic rings. The van der Waals surface area contributed by atoms with Crippen LogP contribution in [0.25, 0.3) is 0 Å². The van der Waals surface area contributed by atoms with Crippen molar-refractivity contribution >= 4 is 5.91 Å². The highest BCUT2D eigenvalue weighted by Gasteiger charge is 2.05. The Morgan fingerprint density at radius 3 is 2.55 bits per heavy atom. The summed E-state index contributed by atoms with van der Waals surface area (Å²) in [5, 5.41) is 0. The van der Waals surface area contributed by atoms with E-state index in [0.717, 1.165) is 6.54 Å². The monoisotopic (exact) mass is 159 g/mol.